The molecule has 2 aromatic carbocycles. The number of nitrogens with zero attached hydrogens (tertiary/aromatic N) is 1. The Morgan fingerprint density at radius 2 is 1.83 bits per heavy atom. The summed E-state index contributed by atoms with van der Waals surface area (Å²) in [5.74, 6) is 1.19. The van der Waals surface area contributed by atoms with E-state index >= 15 is 0 Å². The average Bonchev–Trinajstić information content (AvgIpc) is 3.23. The van der Waals surface area contributed by atoms with Crippen molar-refractivity contribution in [2.75, 3.05) is 6.79 Å². The average molecular weight is 326 g/mol. The molecule has 0 N–H and O–H groups in total. The number of halogens is 1. The quantitative estimate of drug-likeness (QED) is 0.681. The van der Waals surface area contributed by atoms with Crippen LogP contribution in [0.3, 0.4) is 0 Å². The fourth-order valence-electron chi connectivity index (χ4n) is 2.55. The highest BCUT2D eigenvalue weighted by Gasteiger charge is 2.18. The molecule has 2 heterocycles. The number of ether oxygens (including phenoxy) is 2. The molecule has 0 aliphatic carbocycles. The van der Waals surface area contributed by atoms with Crippen molar-refractivity contribution in [3.8, 4) is 17.2 Å². The molecule has 0 saturated heterocycles. The Labute approximate surface area is 137 Å². The van der Waals surface area contributed by atoms with Crippen LogP contribution in [0, 0.1) is 0 Å². The van der Waals surface area contributed by atoms with E-state index in [4.69, 9.17) is 21.1 Å². The Kier molecular flexibility index (Phi) is 3.32. The van der Waals surface area contributed by atoms with E-state index in [0.29, 0.717) is 27.6 Å². The maximum atomic E-state index is 12.6. The van der Waals surface area contributed by atoms with Gasteiger partial charge in [0.25, 0.3) is 0 Å². The van der Waals surface area contributed by atoms with Gasteiger partial charge in [-0.25, -0.2) is 0 Å². The Morgan fingerprint density at radius 1 is 1.00 bits per heavy atom. The predicted molar refractivity (Wildman–Crippen MR) is 86.8 cm³/mol. The molecule has 0 amide bonds. The molecule has 1 aromatic heterocycles. The van der Waals surface area contributed by atoms with Gasteiger partial charge in [0, 0.05) is 23.5 Å². The van der Waals surface area contributed by atoms with Gasteiger partial charge in [-0.15, -0.1) is 0 Å². The fraction of sp³-hybridized carbons (Fsp3) is 0.0556. The molecule has 5 heteroatoms. The molecular weight excluding hydrogens is 314 g/mol. The van der Waals surface area contributed by atoms with E-state index in [1.165, 1.54) is 0 Å². The highest BCUT2D eigenvalue weighted by Crippen LogP contribution is 2.33. The van der Waals surface area contributed by atoms with Gasteiger partial charge in [0.2, 0.25) is 6.79 Å². The minimum absolute atomic E-state index is 0.0749. The van der Waals surface area contributed by atoms with Gasteiger partial charge in [0.05, 0.1) is 10.7 Å². The molecule has 1 aliphatic heterocycles. The van der Waals surface area contributed by atoms with Crippen molar-refractivity contribution in [2.45, 2.75) is 0 Å². The number of benzene rings is 2. The summed E-state index contributed by atoms with van der Waals surface area (Å²) in [5, 5.41) is 0.630. The van der Waals surface area contributed by atoms with E-state index < -0.39 is 0 Å². The van der Waals surface area contributed by atoms with Gasteiger partial charge in [0.15, 0.2) is 17.3 Å². The van der Waals surface area contributed by atoms with E-state index in [0.717, 1.165) is 5.69 Å². The lowest BCUT2D eigenvalue weighted by Gasteiger charge is -2.04. The largest absolute Gasteiger partial charge is 0.454 e. The summed E-state index contributed by atoms with van der Waals surface area (Å²) in [6.07, 6.45) is 3.59. The van der Waals surface area contributed by atoms with Crippen molar-refractivity contribution >= 4 is 17.4 Å². The van der Waals surface area contributed by atoms with Crippen LogP contribution in [-0.2, 0) is 0 Å². The Morgan fingerprint density at radius 3 is 2.70 bits per heavy atom. The number of hydrogen-bond donors (Lipinski definition) is 0. The zero-order valence-corrected chi connectivity index (χ0v) is 12.8. The second-order valence-corrected chi connectivity index (χ2v) is 5.56. The number of aromatic nitrogens is 1. The van der Waals surface area contributed by atoms with Crippen molar-refractivity contribution in [1.29, 1.82) is 0 Å². The van der Waals surface area contributed by atoms with Crippen LogP contribution in [0.1, 0.15) is 15.9 Å². The van der Waals surface area contributed by atoms with Gasteiger partial charge in [-0.3, -0.25) is 4.79 Å². The van der Waals surface area contributed by atoms with E-state index in [1.807, 2.05) is 35.0 Å². The number of hydrogen-bond acceptors (Lipinski definition) is 3. The Balaban J connectivity index is 1.66. The third kappa shape index (κ3) is 2.47. The number of ketones is 1. The van der Waals surface area contributed by atoms with Crippen molar-refractivity contribution < 1.29 is 14.3 Å². The van der Waals surface area contributed by atoms with Crippen LogP contribution in [0.25, 0.3) is 5.69 Å². The third-order valence-corrected chi connectivity index (χ3v) is 4.04. The summed E-state index contributed by atoms with van der Waals surface area (Å²) in [5.41, 5.74) is 1.98. The first-order chi connectivity index (χ1) is 11.2. The Hall–Kier alpha value is -2.72. The zero-order chi connectivity index (χ0) is 15.8. The van der Waals surface area contributed by atoms with Crippen LogP contribution in [0.4, 0.5) is 0 Å². The topological polar surface area (TPSA) is 40.5 Å². The van der Waals surface area contributed by atoms with E-state index in [9.17, 15) is 4.79 Å². The molecular formula is C18H12ClNO3. The summed E-state index contributed by atoms with van der Waals surface area (Å²) < 4.78 is 12.4. The lowest BCUT2D eigenvalue weighted by Crippen LogP contribution is -2.00. The zero-order valence-electron chi connectivity index (χ0n) is 12.0. The predicted octanol–water partition coefficient (Wildman–Crippen LogP) is 4.09. The minimum atomic E-state index is -0.0749. The fourth-order valence-corrected chi connectivity index (χ4v) is 2.78. The van der Waals surface area contributed by atoms with Gasteiger partial charge in [0.1, 0.15) is 0 Å². The highest BCUT2D eigenvalue weighted by atomic mass is 35.5. The summed E-state index contributed by atoms with van der Waals surface area (Å²) >= 11 is 6.19. The van der Waals surface area contributed by atoms with Crippen molar-refractivity contribution in [2.24, 2.45) is 0 Å². The minimum Gasteiger partial charge on any atom is -0.454 e. The van der Waals surface area contributed by atoms with Crippen LogP contribution >= 0.6 is 11.6 Å². The first-order valence-corrected chi connectivity index (χ1v) is 7.47. The number of rotatable bonds is 3. The van der Waals surface area contributed by atoms with Crippen LogP contribution in [0.5, 0.6) is 11.5 Å². The molecule has 0 atom stereocenters. The van der Waals surface area contributed by atoms with Crippen LogP contribution in [0.2, 0.25) is 5.02 Å². The number of carbonyl (C=O) groups excluding carboxylic acids is 1. The molecule has 114 valence electrons. The maximum absolute atomic E-state index is 12.6. The third-order valence-electron chi connectivity index (χ3n) is 3.72. The molecule has 4 nitrogen and oxygen atoms in total. The van der Waals surface area contributed by atoms with E-state index in [1.54, 1.807) is 30.5 Å². The molecule has 4 rings (SSSR count). The van der Waals surface area contributed by atoms with Crippen molar-refractivity contribution in [3.63, 3.8) is 0 Å². The molecule has 0 fully saturated rings. The molecule has 0 spiro atoms. The summed E-state index contributed by atoms with van der Waals surface area (Å²) in [7, 11) is 0. The molecule has 0 unspecified atom stereocenters. The van der Waals surface area contributed by atoms with Gasteiger partial charge >= 0.3 is 0 Å². The smallest absolute Gasteiger partial charge is 0.231 e. The van der Waals surface area contributed by atoms with Gasteiger partial charge in [-0.2, -0.15) is 0 Å². The molecule has 0 saturated carbocycles. The normalized spacial score (nSPS) is 12.4. The molecule has 23 heavy (non-hydrogen) atoms. The first-order valence-electron chi connectivity index (χ1n) is 7.09. The van der Waals surface area contributed by atoms with Crippen LogP contribution < -0.4 is 9.47 Å². The highest BCUT2D eigenvalue weighted by molar-refractivity contribution is 6.32. The SMILES string of the molecule is O=C(c1ccc2c(c1)OCO2)c1ccn(-c2ccccc2Cl)c1. The second kappa shape index (κ2) is 5.48. The maximum Gasteiger partial charge on any atom is 0.231 e. The summed E-state index contributed by atoms with van der Waals surface area (Å²) in [6, 6.07) is 14.5. The molecule has 3 aromatic rings. The molecule has 0 bridgehead atoms. The molecule has 0 radical (unpaired) electrons. The van der Waals surface area contributed by atoms with E-state index in [-0.39, 0.29) is 12.6 Å². The van der Waals surface area contributed by atoms with Gasteiger partial charge < -0.3 is 14.0 Å². The summed E-state index contributed by atoms with van der Waals surface area (Å²) in [4.78, 5) is 12.6. The van der Waals surface area contributed by atoms with E-state index in [2.05, 4.69) is 0 Å². The van der Waals surface area contributed by atoms with Crippen molar-refractivity contribution in [1.82, 2.24) is 4.57 Å². The summed E-state index contributed by atoms with van der Waals surface area (Å²) in [6.45, 7) is 0.190. The number of carbonyl (C=O) groups is 1. The van der Waals surface area contributed by atoms with Gasteiger partial charge in [-0.1, -0.05) is 23.7 Å². The van der Waals surface area contributed by atoms with Crippen LogP contribution in [0.15, 0.2) is 60.9 Å². The Bertz CT molecular complexity index is 901. The van der Waals surface area contributed by atoms with Gasteiger partial charge in [-0.05, 0) is 36.4 Å². The first kappa shape index (κ1) is 13.9. The standard InChI is InChI=1S/C18H12ClNO3/c19-14-3-1-2-4-15(14)20-8-7-13(10-20)18(21)12-5-6-16-17(9-12)23-11-22-16/h1-10H,11H2. The molecule has 1 aliphatic rings. The van der Waals surface area contributed by atoms with Crippen LogP contribution in [-0.4, -0.2) is 17.1 Å². The lowest BCUT2D eigenvalue weighted by atomic mass is 10.1. The number of para-hydroxylation sites is 1. The monoisotopic (exact) mass is 325 g/mol. The second-order valence-electron chi connectivity index (χ2n) is 5.16. The number of fused-ring (bicyclic) bond motifs is 1. The lowest BCUT2D eigenvalue weighted by molar-refractivity contribution is 0.103. The van der Waals surface area contributed by atoms with Crippen molar-refractivity contribution in [3.05, 3.63) is 77.1 Å².